The summed E-state index contributed by atoms with van der Waals surface area (Å²) in [4.78, 5) is 15.1. The molecule has 2 saturated heterocycles. The molecule has 3 unspecified atom stereocenters. The molecule has 2 fully saturated rings. The fourth-order valence-electron chi connectivity index (χ4n) is 4.89. The van der Waals surface area contributed by atoms with Crippen LogP contribution in [0.5, 0.6) is 0 Å². The first-order chi connectivity index (χ1) is 12.8. The minimum Gasteiger partial charge on any atom is -0.342 e. The van der Waals surface area contributed by atoms with Crippen molar-refractivity contribution in [2.24, 2.45) is 17.8 Å². The highest BCUT2D eigenvalue weighted by Crippen LogP contribution is 2.33. The van der Waals surface area contributed by atoms with E-state index in [-0.39, 0.29) is 23.8 Å². The molecule has 149 valence electrons. The second-order valence-electron chi connectivity index (χ2n) is 8.31. The van der Waals surface area contributed by atoms with Gasteiger partial charge in [-0.25, -0.2) is 12.7 Å². The monoisotopic (exact) mass is 394 g/mol. The molecular formula is C19H30N4O3S+. The van der Waals surface area contributed by atoms with E-state index in [4.69, 9.17) is 0 Å². The van der Waals surface area contributed by atoms with Gasteiger partial charge in [0.25, 0.3) is 0 Å². The van der Waals surface area contributed by atoms with Crippen LogP contribution >= 0.6 is 0 Å². The zero-order valence-corrected chi connectivity index (χ0v) is 17.0. The van der Waals surface area contributed by atoms with E-state index < -0.39 is 10.0 Å². The molecule has 27 heavy (non-hydrogen) atoms. The number of hydrogen-bond donors (Lipinski definition) is 1. The van der Waals surface area contributed by atoms with E-state index in [2.05, 4.69) is 31.0 Å². The average Bonchev–Trinajstić information content (AvgIpc) is 3.27. The van der Waals surface area contributed by atoms with Crippen LogP contribution in [-0.2, 0) is 14.8 Å². The maximum atomic E-state index is 13.1. The van der Waals surface area contributed by atoms with Crippen LogP contribution in [-0.4, -0.2) is 72.4 Å². The number of nitrogens with zero attached hydrogens (tertiary/aromatic N) is 3. The lowest BCUT2D eigenvalue weighted by molar-refractivity contribution is -0.519. The zero-order chi connectivity index (χ0) is 19.2. The van der Waals surface area contributed by atoms with Crippen LogP contribution in [0.4, 0.5) is 0 Å². The molecule has 4 rings (SSSR count). The van der Waals surface area contributed by atoms with Gasteiger partial charge in [0.15, 0.2) is 6.20 Å². The molecule has 1 amide bonds. The SMILES string of the molecule is CC1N[N+]2=C([CH]C(C3CCN(S(C)(=O)=O)CC3)C=C2)C1C(=O)N1CCCC1. The number of likely N-dealkylation sites (tertiary alicyclic amines) is 1. The summed E-state index contributed by atoms with van der Waals surface area (Å²) in [5, 5.41) is 0. The molecule has 0 bridgehead atoms. The van der Waals surface area contributed by atoms with Gasteiger partial charge in [0.1, 0.15) is 5.92 Å². The first kappa shape index (κ1) is 18.9. The lowest BCUT2D eigenvalue weighted by Crippen LogP contribution is -2.43. The van der Waals surface area contributed by atoms with Crippen LogP contribution in [0.25, 0.3) is 0 Å². The molecule has 8 heteroatoms. The molecule has 0 aromatic carbocycles. The molecule has 7 nitrogen and oxygen atoms in total. The highest BCUT2D eigenvalue weighted by molar-refractivity contribution is 7.88. The topological polar surface area (TPSA) is 72.7 Å². The van der Waals surface area contributed by atoms with Crippen molar-refractivity contribution in [3.05, 3.63) is 18.7 Å². The van der Waals surface area contributed by atoms with Gasteiger partial charge in [-0.05, 0) is 50.5 Å². The second-order valence-corrected chi connectivity index (χ2v) is 10.3. The number of piperidine rings is 1. The number of hydrazone groups is 1. The average molecular weight is 395 g/mol. The fourth-order valence-corrected chi connectivity index (χ4v) is 5.76. The number of allylic oxidation sites excluding steroid dienone is 1. The Balaban J connectivity index is 1.44. The van der Waals surface area contributed by atoms with Crippen LogP contribution in [0.1, 0.15) is 32.6 Å². The van der Waals surface area contributed by atoms with Crippen molar-refractivity contribution < 1.29 is 17.9 Å². The van der Waals surface area contributed by atoms with E-state index in [9.17, 15) is 13.2 Å². The van der Waals surface area contributed by atoms with Gasteiger partial charge in [0.2, 0.25) is 21.6 Å². The van der Waals surface area contributed by atoms with E-state index in [0.717, 1.165) is 44.5 Å². The number of hydrazine groups is 1. The number of carbonyl (C=O) groups excluding carboxylic acids is 1. The van der Waals surface area contributed by atoms with Crippen LogP contribution in [0.2, 0.25) is 0 Å². The van der Waals surface area contributed by atoms with Gasteiger partial charge in [0.05, 0.1) is 18.7 Å². The lowest BCUT2D eigenvalue weighted by atomic mass is 9.78. The predicted molar refractivity (Wildman–Crippen MR) is 103 cm³/mol. The number of rotatable bonds is 3. The quantitative estimate of drug-likeness (QED) is 0.712. The molecular weight excluding hydrogens is 364 g/mol. The maximum absolute atomic E-state index is 13.1. The Kier molecular flexibility index (Phi) is 5.05. The fraction of sp³-hybridized carbons (Fsp3) is 0.737. The summed E-state index contributed by atoms with van der Waals surface area (Å²) < 4.78 is 27.1. The van der Waals surface area contributed by atoms with Gasteiger partial charge in [-0.15, -0.1) is 0 Å². The van der Waals surface area contributed by atoms with Crippen molar-refractivity contribution in [3.8, 4) is 0 Å². The van der Waals surface area contributed by atoms with Crippen LogP contribution in [0, 0.1) is 24.2 Å². The lowest BCUT2D eigenvalue weighted by Gasteiger charge is -2.34. The Hall–Kier alpha value is -1.41. The predicted octanol–water partition coefficient (Wildman–Crippen LogP) is 0.605. The number of nitrogens with one attached hydrogen (secondary N) is 1. The van der Waals surface area contributed by atoms with Gasteiger partial charge in [0, 0.05) is 26.2 Å². The molecule has 0 aromatic heterocycles. The molecule has 1 N–H and O–H groups in total. The van der Waals surface area contributed by atoms with Crippen LogP contribution < -0.4 is 5.43 Å². The third-order valence-corrected chi connectivity index (χ3v) is 7.76. The Bertz CT molecular complexity index is 762. The summed E-state index contributed by atoms with van der Waals surface area (Å²) in [7, 11) is -3.10. The molecule has 0 saturated carbocycles. The van der Waals surface area contributed by atoms with Gasteiger partial charge in [-0.3, -0.25) is 4.79 Å². The summed E-state index contributed by atoms with van der Waals surface area (Å²) in [5.74, 6) is 0.792. The molecule has 1 radical (unpaired) electrons. The first-order valence-electron chi connectivity index (χ1n) is 10.0. The summed E-state index contributed by atoms with van der Waals surface area (Å²) in [6.07, 6.45) is 11.7. The van der Waals surface area contributed by atoms with Crippen molar-refractivity contribution in [1.82, 2.24) is 14.6 Å². The van der Waals surface area contributed by atoms with Crippen molar-refractivity contribution in [2.45, 2.75) is 38.6 Å². The van der Waals surface area contributed by atoms with E-state index in [1.165, 1.54) is 6.26 Å². The Labute approximate surface area is 162 Å². The summed E-state index contributed by atoms with van der Waals surface area (Å²) in [6.45, 7) is 5.00. The van der Waals surface area contributed by atoms with Gasteiger partial charge >= 0.3 is 0 Å². The van der Waals surface area contributed by atoms with E-state index >= 15 is 0 Å². The Morgan fingerprint density at radius 1 is 1.19 bits per heavy atom. The Morgan fingerprint density at radius 3 is 2.48 bits per heavy atom. The third kappa shape index (κ3) is 3.66. The van der Waals surface area contributed by atoms with E-state index in [1.54, 1.807) is 4.31 Å². The summed E-state index contributed by atoms with van der Waals surface area (Å²) >= 11 is 0. The van der Waals surface area contributed by atoms with Gasteiger partial charge in [-0.2, -0.15) is 5.43 Å². The molecule has 3 atom stereocenters. The summed E-state index contributed by atoms with van der Waals surface area (Å²) in [5.41, 5.74) is 4.47. The minimum atomic E-state index is -3.10. The molecule has 4 heterocycles. The molecule has 0 spiro atoms. The number of carbonyl (C=O) groups is 1. The zero-order valence-electron chi connectivity index (χ0n) is 16.2. The first-order valence-corrected chi connectivity index (χ1v) is 11.9. The van der Waals surface area contributed by atoms with Crippen LogP contribution in [0.15, 0.2) is 12.3 Å². The minimum absolute atomic E-state index is 0.0832. The number of amides is 1. The molecule has 4 aliphatic heterocycles. The van der Waals surface area contributed by atoms with E-state index in [0.29, 0.717) is 19.0 Å². The normalized spacial score (nSPS) is 32.7. The maximum Gasteiger partial charge on any atom is 0.238 e. The largest absolute Gasteiger partial charge is 0.342 e. The highest BCUT2D eigenvalue weighted by Gasteiger charge is 2.48. The van der Waals surface area contributed by atoms with Crippen LogP contribution in [0.3, 0.4) is 0 Å². The summed E-state index contributed by atoms with van der Waals surface area (Å²) in [6, 6.07) is 0.0832. The van der Waals surface area contributed by atoms with Crippen molar-refractivity contribution in [2.75, 3.05) is 32.4 Å². The molecule has 4 aliphatic rings. The molecule has 0 aromatic rings. The smallest absolute Gasteiger partial charge is 0.238 e. The number of hydrogen-bond acceptors (Lipinski definition) is 4. The van der Waals surface area contributed by atoms with Crippen molar-refractivity contribution in [3.63, 3.8) is 0 Å². The second kappa shape index (κ2) is 7.20. The van der Waals surface area contributed by atoms with Crippen molar-refractivity contribution in [1.29, 1.82) is 0 Å². The van der Waals surface area contributed by atoms with Crippen molar-refractivity contribution >= 4 is 21.6 Å². The highest BCUT2D eigenvalue weighted by atomic mass is 32.2. The number of sulfonamides is 1. The van der Waals surface area contributed by atoms with E-state index in [1.807, 2.05) is 9.58 Å². The molecule has 0 aliphatic carbocycles. The Morgan fingerprint density at radius 2 is 1.85 bits per heavy atom. The van der Waals surface area contributed by atoms with Gasteiger partial charge in [-0.1, -0.05) is 4.68 Å². The standard InChI is InChI=1S/C19H30N4O3S/c1-14-18(19(24)21-8-3-4-9-21)17-13-16(7-12-23(17)20-14)15-5-10-22(11-6-15)27(2,25)26/h7,12-16,18,20H,3-6,8-11H2,1-2H3/q+1. The van der Waals surface area contributed by atoms with Gasteiger partial charge < -0.3 is 4.90 Å². The third-order valence-electron chi connectivity index (χ3n) is 6.46.